The Kier molecular flexibility index (Phi) is 4.81. The Morgan fingerprint density at radius 1 is 1.45 bits per heavy atom. The van der Waals surface area contributed by atoms with Crippen LogP contribution in [0.4, 0.5) is 4.39 Å². The molecule has 4 nitrogen and oxygen atoms in total. The smallest absolute Gasteiger partial charge is 0.263 e. The molecule has 2 aromatic rings. The second kappa shape index (κ2) is 6.58. The summed E-state index contributed by atoms with van der Waals surface area (Å²) in [4.78, 5) is 16.9. The van der Waals surface area contributed by atoms with Gasteiger partial charge >= 0.3 is 0 Å². The number of aryl methyl sites for hydroxylation is 1. The van der Waals surface area contributed by atoms with Gasteiger partial charge < -0.3 is 10.1 Å². The molecule has 0 spiro atoms. The summed E-state index contributed by atoms with van der Waals surface area (Å²) >= 11 is 1.29. The predicted octanol–water partition coefficient (Wildman–Crippen LogP) is 2.67. The van der Waals surface area contributed by atoms with Gasteiger partial charge in [0.05, 0.1) is 12.3 Å². The Balaban J connectivity index is 2.03. The number of nitrogens with one attached hydrogen (secondary N) is 1. The summed E-state index contributed by atoms with van der Waals surface area (Å²) < 4.78 is 18.4. The van der Waals surface area contributed by atoms with Crippen molar-refractivity contribution in [2.45, 2.75) is 20.1 Å². The van der Waals surface area contributed by atoms with Crippen molar-refractivity contribution in [3.8, 4) is 0 Å². The maximum Gasteiger partial charge on any atom is 0.263 e. The summed E-state index contributed by atoms with van der Waals surface area (Å²) in [5.41, 5.74) is 1.12. The number of halogens is 1. The van der Waals surface area contributed by atoms with Crippen LogP contribution in [0, 0.1) is 12.7 Å². The van der Waals surface area contributed by atoms with E-state index in [0.717, 1.165) is 5.01 Å². The molecule has 0 saturated carbocycles. The Morgan fingerprint density at radius 2 is 2.20 bits per heavy atom. The van der Waals surface area contributed by atoms with Gasteiger partial charge in [0.25, 0.3) is 5.91 Å². The first-order valence-electron chi connectivity index (χ1n) is 6.08. The minimum absolute atomic E-state index is 0.155. The molecule has 0 aliphatic heterocycles. The van der Waals surface area contributed by atoms with Crippen molar-refractivity contribution in [3.63, 3.8) is 0 Å². The van der Waals surface area contributed by atoms with Gasteiger partial charge in [0.1, 0.15) is 15.7 Å². The zero-order valence-corrected chi connectivity index (χ0v) is 12.1. The molecule has 1 amide bonds. The van der Waals surface area contributed by atoms with Gasteiger partial charge in [-0.05, 0) is 13.0 Å². The Morgan fingerprint density at radius 3 is 2.90 bits per heavy atom. The number of hydrogen-bond donors (Lipinski definition) is 1. The van der Waals surface area contributed by atoms with Crippen molar-refractivity contribution in [1.82, 2.24) is 10.3 Å². The summed E-state index contributed by atoms with van der Waals surface area (Å²) in [5.74, 6) is -0.570. The van der Waals surface area contributed by atoms with Gasteiger partial charge in [0, 0.05) is 19.2 Å². The van der Waals surface area contributed by atoms with Gasteiger partial charge in [-0.3, -0.25) is 4.79 Å². The molecule has 0 saturated heterocycles. The fraction of sp³-hybridized carbons (Fsp3) is 0.286. The predicted molar refractivity (Wildman–Crippen MR) is 75.1 cm³/mol. The SMILES string of the molecule is COCc1nc(C)c(C(=O)NCc2ccccc2F)s1. The minimum atomic E-state index is -0.325. The van der Waals surface area contributed by atoms with Crippen LogP contribution in [0.25, 0.3) is 0 Å². The van der Waals surface area contributed by atoms with Crippen LogP contribution in [-0.4, -0.2) is 18.0 Å². The topological polar surface area (TPSA) is 51.2 Å². The summed E-state index contributed by atoms with van der Waals surface area (Å²) in [6.45, 7) is 2.31. The molecule has 1 aromatic carbocycles. The van der Waals surface area contributed by atoms with Crippen LogP contribution >= 0.6 is 11.3 Å². The molecule has 106 valence electrons. The lowest BCUT2D eigenvalue weighted by Crippen LogP contribution is -2.23. The number of ether oxygens (including phenoxy) is 1. The molecule has 1 aromatic heterocycles. The highest BCUT2D eigenvalue weighted by Gasteiger charge is 2.15. The van der Waals surface area contributed by atoms with Crippen LogP contribution in [0.5, 0.6) is 0 Å². The van der Waals surface area contributed by atoms with Gasteiger partial charge in [-0.1, -0.05) is 18.2 Å². The maximum atomic E-state index is 13.4. The molecule has 6 heteroatoms. The van der Waals surface area contributed by atoms with Crippen LogP contribution in [-0.2, 0) is 17.9 Å². The lowest BCUT2D eigenvalue weighted by atomic mass is 10.2. The van der Waals surface area contributed by atoms with E-state index in [-0.39, 0.29) is 18.3 Å². The molecule has 0 aliphatic rings. The van der Waals surface area contributed by atoms with Gasteiger partial charge in [-0.25, -0.2) is 9.37 Å². The van der Waals surface area contributed by atoms with E-state index in [1.807, 2.05) is 0 Å². The fourth-order valence-electron chi connectivity index (χ4n) is 1.75. The quantitative estimate of drug-likeness (QED) is 0.922. The van der Waals surface area contributed by atoms with Gasteiger partial charge in [-0.2, -0.15) is 0 Å². The van der Waals surface area contributed by atoms with E-state index < -0.39 is 0 Å². The lowest BCUT2D eigenvalue weighted by molar-refractivity contribution is 0.0954. The highest BCUT2D eigenvalue weighted by atomic mass is 32.1. The first-order valence-corrected chi connectivity index (χ1v) is 6.90. The van der Waals surface area contributed by atoms with Crippen molar-refractivity contribution < 1.29 is 13.9 Å². The van der Waals surface area contributed by atoms with Crippen LogP contribution in [0.3, 0.4) is 0 Å². The average Bonchev–Trinajstić information content (AvgIpc) is 2.79. The number of carbonyl (C=O) groups is 1. The number of carbonyl (C=O) groups excluding carboxylic acids is 1. The molecule has 0 unspecified atom stereocenters. The molecular formula is C14H15FN2O2S. The zero-order valence-electron chi connectivity index (χ0n) is 11.3. The third-order valence-electron chi connectivity index (χ3n) is 2.71. The molecule has 2 rings (SSSR count). The van der Waals surface area contributed by atoms with Crippen molar-refractivity contribution in [2.75, 3.05) is 7.11 Å². The van der Waals surface area contributed by atoms with Crippen LogP contribution in [0.2, 0.25) is 0 Å². The second-order valence-electron chi connectivity index (χ2n) is 4.23. The average molecular weight is 294 g/mol. The molecule has 0 fully saturated rings. The number of amides is 1. The van der Waals surface area contributed by atoms with E-state index >= 15 is 0 Å². The third kappa shape index (κ3) is 3.40. The molecule has 1 N–H and O–H groups in total. The van der Waals surface area contributed by atoms with Gasteiger partial charge in [0.15, 0.2) is 0 Å². The molecule has 0 atom stereocenters. The normalized spacial score (nSPS) is 10.6. The molecule has 0 bridgehead atoms. The summed E-state index contributed by atoms with van der Waals surface area (Å²) in [5, 5.41) is 3.45. The second-order valence-corrected chi connectivity index (χ2v) is 5.31. The third-order valence-corrected chi connectivity index (χ3v) is 3.84. The molecular weight excluding hydrogens is 279 g/mol. The molecule has 0 radical (unpaired) electrons. The zero-order chi connectivity index (χ0) is 14.5. The van der Waals surface area contributed by atoms with E-state index in [9.17, 15) is 9.18 Å². The van der Waals surface area contributed by atoms with Crippen LogP contribution < -0.4 is 5.32 Å². The van der Waals surface area contributed by atoms with Crippen molar-refractivity contribution in [3.05, 3.63) is 51.2 Å². The Bertz CT molecular complexity index is 613. The molecule has 1 heterocycles. The van der Waals surface area contributed by atoms with Crippen LogP contribution in [0.15, 0.2) is 24.3 Å². The van der Waals surface area contributed by atoms with Crippen LogP contribution in [0.1, 0.15) is 25.9 Å². The van der Waals surface area contributed by atoms with Crippen molar-refractivity contribution >= 4 is 17.2 Å². The fourth-order valence-corrected chi connectivity index (χ4v) is 2.70. The van der Waals surface area contributed by atoms with E-state index in [1.54, 1.807) is 32.2 Å². The largest absolute Gasteiger partial charge is 0.378 e. The van der Waals surface area contributed by atoms with E-state index in [4.69, 9.17) is 4.74 Å². The first-order chi connectivity index (χ1) is 9.61. The number of thiazole rings is 1. The highest BCUT2D eigenvalue weighted by molar-refractivity contribution is 7.13. The monoisotopic (exact) mass is 294 g/mol. The number of benzene rings is 1. The Hall–Kier alpha value is -1.79. The molecule has 20 heavy (non-hydrogen) atoms. The number of aromatic nitrogens is 1. The highest BCUT2D eigenvalue weighted by Crippen LogP contribution is 2.18. The number of nitrogens with zero attached hydrogens (tertiary/aromatic N) is 1. The van der Waals surface area contributed by atoms with Gasteiger partial charge in [0.2, 0.25) is 0 Å². The minimum Gasteiger partial charge on any atom is -0.378 e. The van der Waals surface area contributed by atoms with Crippen molar-refractivity contribution in [1.29, 1.82) is 0 Å². The number of rotatable bonds is 5. The van der Waals surface area contributed by atoms with Crippen molar-refractivity contribution in [2.24, 2.45) is 0 Å². The maximum absolute atomic E-state index is 13.4. The van der Waals surface area contributed by atoms with E-state index in [0.29, 0.717) is 22.7 Å². The number of hydrogen-bond acceptors (Lipinski definition) is 4. The van der Waals surface area contributed by atoms with E-state index in [1.165, 1.54) is 17.4 Å². The Labute approximate surface area is 120 Å². The summed E-state index contributed by atoms with van der Waals surface area (Å²) in [6, 6.07) is 6.37. The first kappa shape index (κ1) is 14.6. The number of methoxy groups -OCH3 is 1. The lowest BCUT2D eigenvalue weighted by Gasteiger charge is -2.05. The standard InChI is InChI=1S/C14H15FN2O2S/c1-9-13(20-12(17-9)8-19-2)14(18)16-7-10-5-3-4-6-11(10)15/h3-6H,7-8H2,1-2H3,(H,16,18). The molecule has 0 aliphatic carbocycles. The summed E-state index contributed by atoms with van der Waals surface area (Å²) in [6.07, 6.45) is 0. The van der Waals surface area contributed by atoms with Gasteiger partial charge in [-0.15, -0.1) is 11.3 Å². The summed E-state index contributed by atoms with van der Waals surface area (Å²) in [7, 11) is 1.58. The van der Waals surface area contributed by atoms with E-state index in [2.05, 4.69) is 10.3 Å².